The number of carbonyl (C=O) groups excluding carboxylic acids is 4. The summed E-state index contributed by atoms with van der Waals surface area (Å²) in [6, 6.07) is 8.38. The summed E-state index contributed by atoms with van der Waals surface area (Å²) in [5.41, 5.74) is 0.270. The van der Waals surface area contributed by atoms with Crippen molar-refractivity contribution in [3.05, 3.63) is 67.5 Å². The lowest BCUT2D eigenvalue weighted by Crippen LogP contribution is -2.50. The van der Waals surface area contributed by atoms with E-state index in [4.69, 9.17) is 21.1 Å². The SMILES string of the molecule is COC(=O)c1ccc(C(=O)OC)c(NC(=O)CN2CCN(C(=O)c3sc4cc([N+](=O)[O-])ccc4c3Cl)CC2)c1. The van der Waals surface area contributed by atoms with Gasteiger partial charge in [0.15, 0.2) is 0 Å². The fraction of sp³-hybridized carbons (Fsp3) is 0.280. The van der Waals surface area contributed by atoms with Crippen LogP contribution in [-0.4, -0.2) is 85.4 Å². The van der Waals surface area contributed by atoms with Crippen LogP contribution >= 0.6 is 22.9 Å². The van der Waals surface area contributed by atoms with Crippen LogP contribution in [0, 0.1) is 10.1 Å². The number of hydrogen-bond acceptors (Lipinski definition) is 10. The van der Waals surface area contributed by atoms with Gasteiger partial charge in [-0.25, -0.2) is 9.59 Å². The molecule has 1 aliphatic rings. The smallest absolute Gasteiger partial charge is 0.339 e. The number of nitro groups is 1. The number of fused-ring (bicyclic) bond motifs is 1. The first-order chi connectivity index (χ1) is 18.6. The highest BCUT2D eigenvalue weighted by atomic mass is 35.5. The zero-order chi connectivity index (χ0) is 28.3. The van der Waals surface area contributed by atoms with E-state index in [0.717, 1.165) is 11.3 Å². The average molecular weight is 575 g/mol. The zero-order valence-electron chi connectivity index (χ0n) is 20.9. The molecule has 0 atom stereocenters. The summed E-state index contributed by atoms with van der Waals surface area (Å²) in [6.07, 6.45) is 0. The van der Waals surface area contributed by atoms with Crippen LogP contribution in [0.4, 0.5) is 11.4 Å². The largest absolute Gasteiger partial charge is 0.465 e. The van der Waals surface area contributed by atoms with Crippen LogP contribution in [0.25, 0.3) is 10.1 Å². The van der Waals surface area contributed by atoms with E-state index in [1.54, 1.807) is 4.90 Å². The molecule has 1 fully saturated rings. The molecule has 1 N–H and O–H groups in total. The molecule has 12 nitrogen and oxygen atoms in total. The van der Waals surface area contributed by atoms with E-state index in [0.29, 0.717) is 41.1 Å². The number of thiophene rings is 1. The Kier molecular flexibility index (Phi) is 8.43. The maximum atomic E-state index is 13.2. The first-order valence-corrected chi connectivity index (χ1v) is 12.8. The van der Waals surface area contributed by atoms with Crippen LogP contribution in [0.3, 0.4) is 0 Å². The van der Waals surface area contributed by atoms with Crippen molar-refractivity contribution >= 4 is 68.2 Å². The number of anilines is 1. The molecule has 3 aromatic rings. The molecule has 4 rings (SSSR count). The molecule has 0 aliphatic carbocycles. The molecule has 1 saturated heterocycles. The van der Waals surface area contributed by atoms with E-state index < -0.39 is 22.8 Å². The van der Waals surface area contributed by atoms with Gasteiger partial charge in [-0.1, -0.05) is 11.6 Å². The van der Waals surface area contributed by atoms with Gasteiger partial charge in [0.1, 0.15) is 4.88 Å². The number of hydrogen-bond donors (Lipinski definition) is 1. The lowest BCUT2D eigenvalue weighted by molar-refractivity contribution is -0.384. The minimum atomic E-state index is -0.677. The van der Waals surface area contributed by atoms with Crippen LogP contribution in [-0.2, 0) is 14.3 Å². The number of carbonyl (C=O) groups is 4. The summed E-state index contributed by atoms with van der Waals surface area (Å²) in [5.74, 6) is -2.01. The highest BCUT2D eigenvalue weighted by Gasteiger charge is 2.28. The molecule has 14 heteroatoms. The van der Waals surface area contributed by atoms with Gasteiger partial charge >= 0.3 is 11.9 Å². The van der Waals surface area contributed by atoms with Crippen molar-refractivity contribution in [1.82, 2.24) is 9.80 Å². The second-order valence-electron chi connectivity index (χ2n) is 8.54. The van der Waals surface area contributed by atoms with Crippen molar-refractivity contribution in [2.24, 2.45) is 0 Å². The first-order valence-electron chi connectivity index (χ1n) is 11.6. The van der Waals surface area contributed by atoms with E-state index in [-0.39, 0.29) is 40.0 Å². The van der Waals surface area contributed by atoms with Gasteiger partial charge in [0.05, 0.1) is 47.5 Å². The number of non-ortho nitro benzene ring substituents is 1. The van der Waals surface area contributed by atoms with Crippen LogP contribution in [0.1, 0.15) is 30.4 Å². The summed E-state index contributed by atoms with van der Waals surface area (Å²) in [4.78, 5) is 64.3. The third-order valence-electron chi connectivity index (χ3n) is 6.16. The fourth-order valence-electron chi connectivity index (χ4n) is 4.13. The van der Waals surface area contributed by atoms with Gasteiger partial charge in [-0.05, 0) is 24.3 Å². The fourth-order valence-corrected chi connectivity index (χ4v) is 5.64. The highest BCUT2D eigenvalue weighted by Crippen LogP contribution is 2.38. The number of esters is 2. The van der Waals surface area contributed by atoms with Gasteiger partial charge < -0.3 is 19.7 Å². The van der Waals surface area contributed by atoms with Crippen molar-refractivity contribution in [1.29, 1.82) is 0 Å². The van der Waals surface area contributed by atoms with Gasteiger partial charge in [0.2, 0.25) is 5.91 Å². The van der Waals surface area contributed by atoms with E-state index >= 15 is 0 Å². The Balaban J connectivity index is 1.39. The second kappa shape index (κ2) is 11.8. The number of benzene rings is 2. The lowest BCUT2D eigenvalue weighted by atomic mass is 10.1. The maximum Gasteiger partial charge on any atom is 0.339 e. The van der Waals surface area contributed by atoms with Gasteiger partial charge in [0.25, 0.3) is 11.6 Å². The standard InChI is InChI=1S/C25H23ClN4O8S/c1-37-24(33)14-3-5-16(25(34)38-2)18(11-14)27-20(31)13-28-7-9-29(10-8-28)23(32)22-21(26)17-6-4-15(30(35)36)12-19(17)39-22/h3-6,11-12H,7-10,13H2,1-2H3,(H,27,31). The van der Waals surface area contributed by atoms with Gasteiger partial charge in [-0.15, -0.1) is 11.3 Å². The van der Waals surface area contributed by atoms with Crippen molar-refractivity contribution in [2.75, 3.05) is 52.3 Å². The number of ether oxygens (including phenoxy) is 2. The second-order valence-corrected chi connectivity index (χ2v) is 9.97. The molecule has 2 amide bonds. The lowest BCUT2D eigenvalue weighted by Gasteiger charge is -2.34. The van der Waals surface area contributed by atoms with E-state index in [2.05, 4.69) is 5.32 Å². The van der Waals surface area contributed by atoms with E-state index in [1.807, 2.05) is 4.90 Å². The number of nitrogens with zero attached hydrogens (tertiary/aromatic N) is 3. The van der Waals surface area contributed by atoms with Crippen LogP contribution in [0.5, 0.6) is 0 Å². The van der Waals surface area contributed by atoms with E-state index in [1.165, 1.54) is 50.6 Å². The van der Waals surface area contributed by atoms with Crippen LogP contribution in [0.15, 0.2) is 36.4 Å². The maximum absolute atomic E-state index is 13.2. The molecular formula is C25H23ClN4O8S. The van der Waals surface area contributed by atoms with Crippen molar-refractivity contribution < 1.29 is 33.6 Å². The first kappa shape index (κ1) is 28.0. The Morgan fingerprint density at radius 2 is 1.72 bits per heavy atom. The van der Waals surface area contributed by atoms with Crippen molar-refractivity contribution in [2.45, 2.75) is 0 Å². The van der Waals surface area contributed by atoms with Gasteiger partial charge in [-0.3, -0.25) is 24.6 Å². The Morgan fingerprint density at radius 3 is 2.36 bits per heavy atom. The summed E-state index contributed by atoms with van der Waals surface area (Å²) < 4.78 is 10.0. The number of nitrogens with one attached hydrogen (secondary N) is 1. The summed E-state index contributed by atoms with van der Waals surface area (Å²) >= 11 is 7.54. The van der Waals surface area contributed by atoms with Gasteiger partial charge in [-0.2, -0.15) is 0 Å². The minimum Gasteiger partial charge on any atom is -0.465 e. The van der Waals surface area contributed by atoms with Gasteiger partial charge in [0, 0.05) is 48.4 Å². The Hall–Kier alpha value is -4.07. The number of piperazine rings is 1. The predicted octanol–water partition coefficient (Wildman–Crippen LogP) is 3.43. The Bertz CT molecular complexity index is 1480. The third-order valence-corrected chi connectivity index (χ3v) is 7.81. The minimum absolute atomic E-state index is 0.0155. The molecule has 0 radical (unpaired) electrons. The topological polar surface area (TPSA) is 148 Å². The molecule has 0 unspecified atom stereocenters. The van der Waals surface area contributed by atoms with E-state index in [9.17, 15) is 29.3 Å². The van der Waals surface area contributed by atoms with Crippen LogP contribution in [0.2, 0.25) is 5.02 Å². The number of rotatable bonds is 7. The van der Waals surface area contributed by atoms with Crippen molar-refractivity contribution in [3.8, 4) is 0 Å². The molecule has 0 bridgehead atoms. The molecule has 2 aromatic carbocycles. The molecule has 0 spiro atoms. The molecule has 1 aromatic heterocycles. The molecule has 39 heavy (non-hydrogen) atoms. The molecule has 0 saturated carbocycles. The van der Waals surface area contributed by atoms with Crippen LogP contribution < -0.4 is 5.32 Å². The third kappa shape index (κ3) is 6.00. The molecule has 204 valence electrons. The zero-order valence-corrected chi connectivity index (χ0v) is 22.5. The number of nitro benzene ring substituents is 1. The average Bonchev–Trinajstić information content (AvgIpc) is 3.27. The highest BCUT2D eigenvalue weighted by molar-refractivity contribution is 7.21. The number of amides is 2. The Morgan fingerprint density at radius 1 is 1.03 bits per heavy atom. The molecular weight excluding hydrogens is 552 g/mol. The summed E-state index contributed by atoms with van der Waals surface area (Å²) in [5, 5.41) is 14.6. The normalized spacial score (nSPS) is 13.7. The number of methoxy groups -OCH3 is 2. The predicted molar refractivity (Wildman–Crippen MR) is 144 cm³/mol. The molecule has 1 aliphatic heterocycles. The molecule has 2 heterocycles. The Labute approximate surface area is 231 Å². The number of halogens is 1. The van der Waals surface area contributed by atoms with Crippen molar-refractivity contribution in [3.63, 3.8) is 0 Å². The monoisotopic (exact) mass is 574 g/mol. The summed E-state index contributed by atoms with van der Waals surface area (Å²) in [6.45, 7) is 1.46. The quantitative estimate of drug-likeness (QED) is 0.254. The summed E-state index contributed by atoms with van der Waals surface area (Å²) in [7, 11) is 2.43.